The number of aromatic hydroxyl groups is 1. The number of hydrogen-bond acceptors (Lipinski definition) is 6. The van der Waals surface area contributed by atoms with Crippen molar-refractivity contribution in [2.24, 2.45) is 0 Å². The van der Waals surface area contributed by atoms with Crippen molar-refractivity contribution in [1.29, 1.82) is 0 Å². The third-order valence-corrected chi connectivity index (χ3v) is 6.75. The Bertz CT molecular complexity index is 1420. The van der Waals surface area contributed by atoms with E-state index in [1.54, 1.807) is 36.4 Å². The molecule has 2 aromatic carbocycles. The summed E-state index contributed by atoms with van der Waals surface area (Å²) in [5.41, 5.74) is 0.109. The predicted octanol–water partition coefficient (Wildman–Crippen LogP) is 4.41. The average molecular weight is 488 g/mol. The van der Waals surface area contributed by atoms with Crippen molar-refractivity contribution in [3.63, 3.8) is 0 Å². The second kappa shape index (κ2) is 8.74. The highest BCUT2D eigenvalue weighted by molar-refractivity contribution is 7.91. The predicted molar refractivity (Wildman–Crippen MR) is 121 cm³/mol. The van der Waals surface area contributed by atoms with Gasteiger partial charge in [0.1, 0.15) is 5.52 Å². The normalized spacial score (nSPS) is 11.4. The first-order valence-corrected chi connectivity index (χ1v) is 11.5. The van der Waals surface area contributed by atoms with Crippen molar-refractivity contribution < 1.29 is 18.3 Å². The third-order valence-electron chi connectivity index (χ3n) is 4.60. The largest absolute Gasteiger partial charge is 0.504 e. The summed E-state index contributed by atoms with van der Waals surface area (Å²) >= 11 is 12.0. The molecule has 0 spiro atoms. The van der Waals surface area contributed by atoms with Crippen molar-refractivity contribution in [3.05, 3.63) is 88.2 Å². The highest BCUT2D eigenvalue weighted by atomic mass is 35.5. The molecule has 4 aromatic rings. The van der Waals surface area contributed by atoms with Crippen LogP contribution in [-0.4, -0.2) is 29.4 Å². The molecule has 0 unspecified atom stereocenters. The van der Waals surface area contributed by atoms with E-state index < -0.39 is 27.2 Å². The Morgan fingerprint density at radius 3 is 2.38 bits per heavy atom. The van der Waals surface area contributed by atoms with E-state index in [2.05, 4.69) is 15.3 Å². The molecule has 2 heterocycles. The Balaban J connectivity index is 1.78. The van der Waals surface area contributed by atoms with E-state index in [0.29, 0.717) is 15.6 Å². The minimum Gasteiger partial charge on any atom is -0.504 e. The molecule has 0 aliphatic carbocycles. The molecule has 0 saturated heterocycles. The second-order valence-corrected chi connectivity index (χ2v) is 9.53. The number of hydrogen-bond donors (Lipinski definition) is 2. The van der Waals surface area contributed by atoms with Gasteiger partial charge < -0.3 is 10.4 Å². The summed E-state index contributed by atoms with van der Waals surface area (Å²) in [5.74, 6) is -1.30. The SMILES string of the molecule is O=C(NCc1cc(Cl)cc(Cl)c1)c1nc(S(=O)(=O)c2ccccc2)c2cccnc2c1O. The summed E-state index contributed by atoms with van der Waals surface area (Å²) in [6.07, 6.45) is 1.39. The number of carbonyl (C=O) groups is 1. The van der Waals surface area contributed by atoms with Gasteiger partial charge in [0, 0.05) is 28.2 Å². The maximum atomic E-state index is 13.3. The van der Waals surface area contributed by atoms with Crippen LogP contribution in [0.5, 0.6) is 5.75 Å². The maximum Gasteiger partial charge on any atom is 0.274 e. The molecule has 7 nitrogen and oxygen atoms in total. The molecule has 32 heavy (non-hydrogen) atoms. The van der Waals surface area contributed by atoms with E-state index in [0.717, 1.165) is 0 Å². The average Bonchev–Trinajstić information content (AvgIpc) is 2.78. The molecule has 0 radical (unpaired) electrons. The fraction of sp³-hybridized carbons (Fsp3) is 0.0455. The van der Waals surface area contributed by atoms with Crippen LogP contribution in [0.1, 0.15) is 16.1 Å². The lowest BCUT2D eigenvalue weighted by molar-refractivity contribution is 0.0942. The van der Waals surface area contributed by atoms with Crippen molar-refractivity contribution >= 4 is 49.8 Å². The number of sulfone groups is 1. The van der Waals surface area contributed by atoms with Crippen molar-refractivity contribution in [1.82, 2.24) is 15.3 Å². The van der Waals surface area contributed by atoms with Crippen LogP contribution in [0.2, 0.25) is 10.0 Å². The number of aromatic nitrogens is 2. The van der Waals surface area contributed by atoms with Crippen LogP contribution in [0.15, 0.2) is 76.8 Å². The summed E-state index contributed by atoms with van der Waals surface area (Å²) < 4.78 is 26.5. The Morgan fingerprint density at radius 2 is 1.69 bits per heavy atom. The van der Waals surface area contributed by atoms with Crippen LogP contribution in [0.25, 0.3) is 10.9 Å². The van der Waals surface area contributed by atoms with Gasteiger partial charge in [-0.25, -0.2) is 13.4 Å². The van der Waals surface area contributed by atoms with E-state index in [4.69, 9.17) is 23.2 Å². The fourth-order valence-electron chi connectivity index (χ4n) is 3.15. The third kappa shape index (κ3) is 4.25. The van der Waals surface area contributed by atoms with Crippen LogP contribution in [0.3, 0.4) is 0 Å². The van der Waals surface area contributed by atoms with Crippen LogP contribution in [-0.2, 0) is 16.4 Å². The smallest absolute Gasteiger partial charge is 0.274 e. The Kier molecular flexibility index (Phi) is 6.01. The zero-order chi connectivity index (χ0) is 22.9. The fourth-order valence-corrected chi connectivity index (χ4v) is 5.12. The van der Waals surface area contributed by atoms with Crippen LogP contribution >= 0.6 is 23.2 Å². The van der Waals surface area contributed by atoms with Gasteiger partial charge in [-0.3, -0.25) is 9.78 Å². The molecule has 0 saturated carbocycles. The van der Waals surface area contributed by atoms with E-state index in [9.17, 15) is 18.3 Å². The van der Waals surface area contributed by atoms with Crippen molar-refractivity contribution in [3.8, 4) is 5.75 Å². The molecule has 2 N–H and O–H groups in total. The summed E-state index contributed by atoms with van der Waals surface area (Å²) in [4.78, 5) is 21.0. The minimum absolute atomic E-state index is 0.00303. The van der Waals surface area contributed by atoms with E-state index >= 15 is 0 Å². The van der Waals surface area contributed by atoms with E-state index in [1.807, 2.05) is 0 Å². The van der Waals surface area contributed by atoms with Gasteiger partial charge in [-0.15, -0.1) is 0 Å². The molecule has 4 rings (SSSR count). The molecule has 0 atom stereocenters. The topological polar surface area (TPSA) is 109 Å². The van der Waals surface area contributed by atoms with Crippen molar-refractivity contribution in [2.45, 2.75) is 16.5 Å². The number of rotatable bonds is 5. The van der Waals surface area contributed by atoms with Crippen LogP contribution < -0.4 is 5.32 Å². The van der Waals surface area contributed by atoms with E-state index in [1.165, 1.54) is 30.5 Å². The van der Waals surface area contributed by atoms with E-state index in [-0.39, 0.29) is 27.4 Å². The van der Waals surface area contributed by atoms with Gasteiger partial charge in [-0.1, -0.05) is 41.4 Å². The van der Waals surface area contributed by atoms with Gasteiger partial charge in [-0.05, 0) is 48.0 Å². The molecule has 0 aliphatic rings. The second-order valence-electron chi connectivity index (χ2n) is 6.79. The number of nitrogens with one attached hydrogen (secondary N) is 1. The Hall–Kier alpha value is -3.20. The maximum absolute atomic E-state index is 13.3. The number of nitrogens with zero attached hydrogens (tertiary/aromatic N) is 2. The monoisotopic (exact) mass is 487 g/mol. The molecule has 0 fully saturated rings. The standard InChI is InChI=1S/C22H15Cl2N3O4S/c23-14-9-13(10-15(24)11-14)12-26-21(29)19-20(28)18-17(7-4-8-25-18)22(27-19)32(30,31)16-5-2-1-3-6-16/h1-11,28H,12H2,(H,26,29). The number of amides is 1. The van der Waals surface area contributed by atoms with Gasteiger partial charge in [0.05, 0.1) is 4.90 Å². The first-order chi connectivity index (χ1) is 15.3. The lowest BCUT2D eigenvalue weighted by Gasteiger charge is -2.12. The molecule has 0 aliphatic heterocycles. The summed E-state index contributed by atoms with van der Waals surface area (Å²) in [6, 6.07) is 15.5. The van der Waals surface area contributed by atoms with Gasteiger partial charge in [-0.2, -0.15) is 0 Å². The van der Waals surface area contributed by atoms with Gasteiger partial charge in [0.15, 0.2) is 16.5 Å². The zero-order valence-electron chi connectivity index (χ0n) is 16.3. The van der Waals surface area contributed by atoms with Crippen molar-refractivity contribution in [2.75, 3.05) is 0 Å². The van der Waals surface area contributed by atoms with Crippen LogP contribution in [0.4, 0.5) is 0 Å². The highest BCUT2D eigenvalue weighted by Crippen LogP contribution is 2.32. The number of carbonyl (C=O) groups excluding carboxylic acids is 1. The van der Waals surface area contributed by atoms with Gasteiger partial charge >= 0.3 is 0 Å². The number of pyridine rings is 2. The molecule has 1 amide bonds. The lowest BCUT2D eigenvalue weighted by atomic mass is 10.2. The number of benzene rings is 2. The molecule has 0 bridgehead atoms. The highest BCUT2D eigenvalue weighted by Gasteiger charge is 2.28. The molecule has 10 heteroatoms. The quantitative estimate of drug-likeness (QED) is 0.431. The Morgan fingerprint density at radius 1 is 1.00 bits per heavy atom. The summed E-state index contributed by atoms with van der Waals surface area (Å²) in [7, 11) is -4.09. The summed E-state index contributed by atoms with van der Waals surface area (Å²) in [6.45, 7) is 0.0290. The molecular formula is C22H15Cl2N3O4S. The first kappa shape index (κ1) is 22.0. The first-order valence-electron chi connectivity index (χ1n) is 9.28. The number of halogens is 2. The molecule has 162 valence electrons. The van der Waals surface area contributed by atoms with Gasteiger partial charge in [0.2, 0.25) is 9.84 Å². The summed E-state index contributed by atoms with van der Waals surface area (Å²) in [5, 5.41) is 13.8. The minimum atomic E-state index is -4.09. The molecular weight excluding hydrogens is 473 g/mol. The number of fused-ring (bicyclic) bond motifs is 1. The zero-order valence-corrected chi connectivity index (χ0v) is 18.6. The van der Waals surface area contributed by atoms with Gasteiger partial charge in [0.25, 0.3) is 5.91 Å². The molecule has 2 aromatic heterocycles. The van der Waals surface area contributed by atoms with Crippen LogP contribution in [0, 0.1) is 0 Å². The lowest BCUT2D eigenvalue weighted by Crippen LogP contribution is -2.25. The Labute approximate surface area is 193 Å².